The van der Waals surface area contributed by atoms with Crippen molar-refractivity contribution in [2.45, 2.75) is 19.4 Å². The lowest BCUT2D eigenvalue weighted by atomic mass is 10.1. The Bertz CT molecular complexity index is 649. The summed E-state index contributed by atoms with van der Waals surface area (Å²) in [6, 6.07) is 7.19. The fraction of sp³-hybridized carbons (Fsp3) is 0.214. The van der Waals surface area contributed by atoms with Crippen LogP contribution in [0.3, 0.4) is 0 Å². The number of halogens is 1. The van der Waals surface area contributed by atoms with Gasteiger partial charge in [-0.05, 0) is 24.6 Å². The molecule has 3 rings (SSSR count). The Morgan fingerprint density at radius 2 is 2.00 bits per heavy atom. The molecule has 0 N–H and O–H groups in total. The second-order valence-corrected chi connectivity index (χ2v) is 5.10. The zero-order chi connectivity index (χ0) is 14.3. The van der Waals surface area contributed by atoms with Gasteiger partial charge < -0.3 is 4.84 Å². The molecular weight excluding hydrogens is 280 g/mol. The number of hydrogen-bond donors (Lipinski definition) is 0. The fourth-order valence-corrected chi connectivity index (χ4v) is 2.31. The van der Waals surface area contributed by atoms with Crippen LogP contribution in [0, 0.1) is 0 Å². The predicted molar refractivity (Wildman–Crippen MR) is 72.9 cm³/mol. The van der Waals surface area contributed by atoms with Crippen LogP contribution in [-0.4, -0.2) is 22.5 Å². The smallest absolute Gasteiger partial charge is 0.262 e. The van der Waals surface area contributed by atoms with E-state index < -0.39 is 0 Å². The summed E-state index contributed by atoms with van der Waals surface area (Å²) >= 11 is 5.83. The van der Waals surface area contributed by atoms with Gasteiger partial charge in [0, 0.05) is 16.7 Å². The number of amidine groups is 1. The highest BCUT2D eigenvalue weighted by molar-refractivity contribution is 6.30. The summed E-state index contributed by atoms with van der Waals surface area (Å²) in [6.07, 6.45) is 1.38. The maximum Gasteiger partial charge on any atom is 0.262 e. The third-order valence-electron chi connectivity index (χ3n) is 3.25. The number of oxime groups is 1. The van der Waals surface area contributed by atoms with Crippen molar-refractivity contribution in [3.05, 3.63) is 46.5 Å². The SMILES string of the molecule is CC1=CC(=O)N(C2=NOC(c3ccc(Cl)cc3)C2)C1=O. The molecule has 2 aliphatic heterocycles. The molecule has 1 aromatic carbocycles. The molecule has 1 atom stereocenters. The largest absolute Gasteiger partial charge is 0.386 e. The molecular formula is C14H11ClN2O3. The van der Waals surface area contributed by atoms with Gasteiger partial charge in [-0.2, -0.15) is 0 Å². The van der Waals surface area contributed by atoms with E-state index in [2.05, 4.69) is 5.16 Å². The molecule has 2 heterocycles. The second kappa shape index (κ2) is 4.76. The summed E-state index contributed by atoms with van der Waals surface area (Å²) in [5.74, 6) is -0.367. The van der Waals surface area contributed by atoms with Crippen molar-refractivity contribution in [3.63, 3.8) is 0 Å². The van der Waals surface area contributed by atoms with Crippen LogP contribution in [0.1, 0.15) is 25.0 Å². The molecule has 0 radical (unpaired) electrons. The lowest BCUT2D eigenvalue weighted by Gasteiger charge is -2.13. The predicted octanol–water partition coefficient (Wildman–Crippen LogP) is 2.43. The van der Waals surface area contributed by atoms with Crippen LogP contribution in [0.2, 0.25) is 5.02 Å². The van der Waals surface area contributed by atoms with Gasteiger partial charge in [-0.15, -0.1) is 0 Å². The van der Waals surface area contributed by atoms with E-state index in [-0.39, 0.29) is 17.9 Å². The number of carbonyl (C=O) groups excluding carboxylic acids is 2. The molecule has 0 fully saturated rings. The monoisotopic (exact) mass is 290 g/mol. The molecule has 0 bridgehead atoms. The van der Waals surface area contributed by atoms with Gasteiger partial charge >= 0.3 is 0 Å². The van der Waals surface area contributed by atoms with E-state index in [1.165, 1.54) is 6.08 Å². The Labute approximate surface area is 120 Å². The Balaban J connectivity index is 1.75. The van der Waals surface area contributed by atoms with E-state index in [1.807, 2.05) is 12.1 Å². The molecule has 102 valence electrons. The number of carbonyl (C=O) groups is 2. The van der Waals surface area contributed by atoms with Crippen LogP contribution >= 0.6 is 11.6 Å². The van der Waals surface area contributed by atoms with Gasteiger partial charge in [-0.25, -0.2) is 4.90 Å². The van der Waals surface area contributed by atoms with E-state index >= 15 is 0 Å². The van der Waals surface area contributed by atoms with Crippen LogP contribution in [0.5, 0.6) is 0 Å². The Hall–Kier alpha value is -2.14. The summed E-state index contributed by atoms with van der Waals surface area (Å²) in [5, 5.41) is 4.50. The number of nitrogens with zero attached hydrogens (tertiary/aromatic N) is 2. The summed E-state index contributed by atoms with van der Waals surface area (Å²) in [7, 11) is 0. The van der Waals surface area contributed by atoms with Crippen LogP contribution in [0.25, 0.3) is 0 Å². The minimum absolute atomic E-state index is 0.302. The minimum Gasteiger partial charge on any atom is -0.386 e. The van der Waals surface area contributed by atoms with Gasteiger partial charge in [0.1, 0.15) is 0 Å². The molecule has 0 spiro atoms. The van der Waals surface area contributed by atoms with Gasteiger partial charge in [0.2, 0.25) is 0 Å². The molecule has 0 aliphatic carbocycles. The third kappa shape index (κ3) is 2.10. The maximum atomic E-state index is 11.9. The molecule has 0 saturated heterocycles. The first-order chi connectivity index (χ1) is 9.56. The third-order valence-corrected chi connectivity index (χ3v) is 3.51. The number of amides is 2. The number of imide groups is 1. The molecule has 2 aliphatic rings. The summed E-state index contributed by atoms with van der Waals surface area (Å²) in [4.78, 5) is 30.0. The zero-order valence-electron chi connectivity index (χ0n) is 10.7. The summed E-state index contributed by atoms with van der Waals surface area (Å²) < 4.78 is 0. The van der Waals surface area contributed by atoms with Crippen molar-refractivity contribution in [2.24, 2.45) is 5.16 Å². The molecule has 1 unspecified atom stereocenters. The molecule has 5 nitrogen and oxygen atoms in total. The van der Waals surface area contributed by atoms with Gasteiger partial charge in [0.25, 0.3) is 11.8 Å². The maximum absolute atomic E-state index is 11.9. The van der Waals surface area contributed by atoms with Crippen LogP contribution in [0.4, 0.5) is 0 Å². The molecule has 6 heteroatoms. The van der Waals surface area contributed by atoms with Crippen LogP contribution in [0.15, 0.2) is 41.1 Å². The topological polar surface area (TPSA) is 59.0 Å². The van der Waals surface area contributed by atoms with Crippen LogP contribution in [-0.2, 0) is 14.4 Å². The average molecular weight is 291 g/mol. The lowest BCUT2D eigenvalue weighted by Crippen LogP contribution is -2.36. The Kier molecular flexibility index (Phi) is 3.06. The van der Waals surface area contributed by atoms with Gasteiger partial charge in [-0.3, -0.25) is 9.59 Å². The van der Waals surface area contributed by atoms with Crippen molar-refractivity contribution in [2.75, 3.05) is 0 Å². The van der Waals surface area contributed by atoms with Crippen molar-refractivity contribution in [1.82, 2.24) is 4.90 Å². The van der Waals surface area contributed by atoms with Crippen molar-refractivity contribution >= 4 is 29.3 Å². The van der Waals surface area contributed by atoms with Crippen molar-refractivity contribution < 1.29 is 14.4 Å². The van der Waals surface area contributed by atoms with E-state index in [1.54, 1.807) is 19.1 Å². The first kappa shape index (κ1) is 12.9. The Morgan fingerprint density at radius 3 is 2.60 bits per heavy atom. The first-order valence-corrected chi connectivity index (χ1v) is 6.49. The number of benzene rings is 1. The second-order valence-electron chi connectivity index (χ2n) is 4.66. The first-order valence-electron chi connectivity index (χ1n) is 6.11. The zero-order valence-corrected chi connectivity index (χ0v) is 11.4. The highest BCUT2D eigenvalue weighted by Gasteiger charge is 2.37. The van der Waals surface area contributed by atoms with Gasteiger partial charge in [0.05, 0.1) is 6.42 Å². The Morgan fingerprint density at radius 1 is 1.30 bits per heavy atom. The highest BCUT2D eigenvalue weighted by Crippen LogP contribution is 2.30. The van der Waals surface area contributed by atoms with Crippen molar-refractivity contribution in [1.29, 1.82) is 0 Å². The average Bonchev–Trinajstić information content (AvgIpc) is 2.97. The van der Waals surface area contributed by atoms with Gasteiger partial charge in [-0.1, -0.05) is 28.9 Å². The van der Waals surface area contributed by atoms with Crippen LogP contribution < -0.4 is 0 Å². The molecule has 20 heavy (non-hydrogen) atoms. The van der Waals surface area contributed by atoms with E-state index in [0.717, 1.165) is 10.5 Å². The van der Waals surface area contributed by atoms with E-state index in [4.69, 9.17) is 16.4 Å². The highest BCUT2D eigenvalue weighted by atomic mass is 35.5. The summed E-state index contributed by atoms with van der Waals surface area (Å²) in [5.41, 5.74) is 1.31. The fourth-order valence-electron chi connectivity index (χ4n) is 2.19. The minimum atomic E-state index is -0.369. The van der Waals surface area contributed by atoms with Gasteiger partial charge in [0.15, 0.2) is 11.9 Å². The molecule has 0 saturated carbocycles. The van der Waals surface area contributed by atoms with Crippen molar-refractivity contribution in [3.8, 4) is 0 Å². The number of hydrogen-bond acceptors (Lipinski definition) is 4. The quantitative estimate of drug-likeness (QED) is 0.746. The molecule has 0 aromatic heterocycles. The standard InChI is InChI=1S/C14H11ClN2O3/c1-8-6-13(18)17(14(8)19)12-7-11(20-16-12)9-2-4-10(15)5-3-9/h2-6,11H,7H2,1H3. The lowest BCUT2D eigenvalue weighted by molar-refractivity contribution is -0.132. The number of rotatable bonds is 1. The molecule has 2 amide bonds. The van der Waals surface area contributed by atoms with E-state index in [0.29, 0.717) is 22.9 Å². The normalized spacial score (nSPS) is 21.9. The van der Waals surface area contributed by atoms with E-state index in [9.17, 15) is 9.59 Å². The summed E-state index contributed by atoms with van der Waals surface area (Å²) in [6.45, 7) is 1.60. The molecule has 1 aromatic rings.